The van der Waals surface area contributed by atoms with Crippen LogP contribution >= 0.6 is 0 Å². The molecule has 1 aromatic rings. The average Bonchev–Trinajstić information content (AvgIpc) is 2.57. The van der Waals surface area contributed by atoms with Crippen molar-refractivity contribution in [1.82, 2.24) is 19.5 Å². The zero-order valence-corrected chi connectivity index (χ0v) is 15.8. The molecule has 0 atom stereocenters. The van der Waals surface area contributed by atoms with Gasteiger partial charge in [-0.05, 0) is 31.0 Å². The number of H-pyrrole nitrogens is 1. The first-order valence-electron chi connectivity index (χ1n) is 9.05. The quantitative estimate of drug-likeness (QED) is 0.543. The van der Waals surface area contributed by atoms with E-state index < -0.39 is 11.2 Å². The average molecular weight is 355 g/mol. The fourth-order valence-corrected chi connectivity index (χ4v) is 3.34. The van der Waals surface area contributed by atoms with Crippen molar-refractivity contribution in [2.45, 2.75) is 46.1 Å². The fourth-order valence-electron chi connectivity index (χ4n) is 3.34. The first kappa shape index (κ1) is 18.1. The maximum absolute atomic E-state index is 12.3. The minimum atomic E-state index is -0.633. The molecule has 0 unspecified atom stereocenters. The molecule has 138 valence electrons. The van der Waals surface area contributed by atoms with Gasteiger partial charge in [0.05, 0.1) is 11.0 Å². The van der Waals surface area contributed by atoms with Gasteiger partial charge < -0.3 is 9.47 Å². The largest absolute Gasteiger partial charge is 0.377 e. The van der Waals surface area contributed by atoms with E-state index in [1.54, 1.807) is 0 Å². The molecule has 7 nitrogen and oxygen atoms in total. The number of unbranched alkanes of at least 4 members (excludes halogenated alkanes) is 3. The third kappa shape index (κ3) is 3.34. The predicted octanol–water partition coefficient (Wildman–Crippen LogP) is 2.54. The highest BCUT2D eigenvalue weighted by Crippen LogP contribution is 2.28. The van der Waals surface area contributed by atoms with E-state index >= 15 is 0 Å². The van der Waals surface area contributed by atoms with Gasteiger partial charge in [-0.3, -0.25) is 9.78 Å². The second kappa shape index (κ2) is 7.27. The van der Waals surface area contributed by atoms with Crippen LogP contribution in [0.3, 0.4) is 0 Å². The fraction of sp³-hybridized carbons (Fsp3) is 0.474. The highest BCUT2D eigenvalue weighted by molar-refractivity contribution is 5.84. The summed E-state index contributed by atoms with van der Waals surface area (Å²) in [6.45, 7) is 4.89. The summed E-state index contributed by atoms with van der Waals surface area (Å²) in [4.78, 5) is 36.9. The lowest BCUT2D eigenvalue weighted by atomic mass is 10.1. The first-order valence-corrected chi connectivity index (χ1v) is 9.05. The topological polar surface area (TPSA) is 83.9 Å². The molecule has 0 radical (unpaired) electrons. The Morgan fingerprint density at radius 2 is 1.88 bits per heavy atom. The normalized spacial score (nSPS) is 11.4. The second-order valence-corrected chi connectivity index (χ2v) is 6.89. The van der Waals surface area contributed by atoms with Crippen molar-refractivity contribution >= 4 is 16.7 Å². The number of nitrogens with zero attached hydrogens (tertiary/aromatic N) is 4. The van der Waals surface area contributed by atoms with Crippen LogP contribution in [0.15, 0.2) is 21.7 Å². The van der Waals surface area contributed by atoms with Gasteiger partial charge in [-0.1, -0.05) is 26.2 Å². The van der Waals surface area contributed by atoms with Gasteiger partial charge in [0.1, 0.15) is 0 Å². The summed E-state index contributed by atoms with van der Waals surface area (Å²) in [6, 6.07) is 4.04. The SMILES string of the molecule is CCCCCCn1c2nc(=O)[nH]c(=O)c-2nc2cc(C)c(N(C)C)cc21. The number of hydrogen-bond donors (Lipinski definition) is 1. The van der Waals surface area contributed by atoms with Gasteiger partial charge >= 0.3 is 5.69 Å². The zero-order valence-electron chi connectivity index (χ0n) is 15.8. The molecule has 7 heteroatoms. The van der Waals surface area contributed by atoms with Gasteiger partial charge in [0.2, 0.25) is 0 Å². The standard InChI is InChI=1S/C19H25N5O2/c1-5-6-7-8-9-24-15-11-14(23(3)4)12(2)10-13(15)20-16-17(24)21-19(26)22-18(16)25/h10-11H,5-9H2,1-4H3,(H,22,25,26). The number of fused-ring (bicyclic) bond motifs is 2. The Morgan fingerprint density at radius 3 is 2.58 bits per heavy atom. The third-order valence-corrected chi connectivity index (χ3v) is 4.64. The van der Waals surface area contributed by atoms with Crippen molar-refractivity contribution in [3.63, 3.8) is 0 Å². The van der Waals surface area contributed by atoms with Crippen LogP contribution in [0.25, 0.3) is 22.6 Å². The van der Waals surface area contributed by atoms with Crippen molar-refractivity contribution in [3.05, 3.63) is 38.5 Å². The van der Waals surface area contributed by atoms with E-state index in [9.17, 15) is 9.59 Å². The van der Waals surface area contributed by atoms with Gasteiger partial charge in [0.25, 0.3) is 5.56 Å². The van der Waals surface area contributed by atoms with Crippen LogP contribution in [0, 0.1) is 6.92 Å². The summed E-state index contributed by atoms with van der Waals surface area (Å²) in [5.41, 5.74) is 2.88. The molecule has 0 amide bonds. The molecule has 1 aromatic carbocycles. The van der Waals surface area contributed by atoms with E-state index in [4.69, 9.17) is 0 Å². The summed E-state index contributed by atoms with van der Waals surface area (Å²) in [6.07, 6.45) is 4.36. The molecular weight excluding hydrogens is 330 g/mol. The van der Waals surface area contributed by atoms with Crippen LogP contribution in [0.5, 0.6) is 0 Å². The summed E-state index contributed by atoms with van der Waals surface area (Å²) in [5, 5.41) is 0. The molecule has 2 heterocycles. The molecule has 0 saturated heterocycles. The minimum Gasteiger partial charge on any atom is -0.377 e. The smallest absolute Gasteiger partial charge is 0.349 e. The van der Waals surface area contributed by atoms with Crippen molar-refractivity contribution in [2.24, 2.45) is 0 Å². The lowest BCUT2D eigenvalue weighted by Gasteiger charge is -2.21. The lowest BCUT2D eigenvalue weighted by Crippen LogP contribution is -2.29. The zero-order chi connectivity index (χ0) is 18.8. The molecule has 3 rings (SSSR count). The summed E-state index contributed by atoms with van der Waals surface area (Å²) in [7, 11) is 3.99. The third-order valence-electron chi connectivity index (χ3n) is 4.64. The molecule has 0 aliphatic carbocycles. The van der Waals surface area contributed by atoms with Crippen molar-refractivity contribution in [2.75, 3.05) is 19.0 Å². The Morgan fingerprint density at radius 1 is 1.12 bits per heavy atom. The number of aromatic nitrogens is 4. The number of aryl methyl sites for hydroxylation is 2. The molecule has 2 aliphatic rings. The number of benzene rings is 1. The molecule has 0 bridgehead atoms. The van der Waals surface area contributed by atoms with E-state index in [1.165, 1.54) is 0 Å². The first-order chi connectivity index (χ1) is 12.4. The summed E-state index contributed by atoms with van der Waals surface area (Å²) >= 11 is 0. The molecular formula is C19H25N5O2. The van der Waals surface area contributed by atoms with Crippen LogP contribution in [0.4, 0.5) is 5.69 Å². The predicted molar refractivity (Wildman–Crippen MR) is 104 cm³/mol. The molecule has 26 heavy (non-hydrogen) atoms. The highest BCUT2D eigenvalue weighted by atomic mass is 16.2. The molecule has 0 saturated carbocycles. The van der Waals surface area contributed by atoms with E-state index in [0.717, 1.165) is 48.0 Å². The summed E-state index contributed by atoms with van der Waals surface area (Å²) < 4.78 is 1.97. The second-order valence-electron chi connectivity index (χ2n) is 6.89. The molecule has 0 aromatic heterocycles. The number of anilines is 1. The van der Waals surface area contributed by atoms with Crippen molar-refractivity contribution in [3.8, 4) is 11.5 Å². The number of nitrogens with one attached hydrogen (secondary N) is 1. The van der Waals surface area contributed by atoms with E-state index in [-0.39, 0.29) is 5.69 Å². The Hall–Kier alpha value is -2.70. The van der Waals surface area contributed by atoms with Crippen LogP contribution in [0.2, 0.25) is 0 Å². The molecule has 2 aliphatic heterocycles. The van der Waals surface area contributed by atoms with Crippen LogP contribution < -0.4 is 16.1 Å². The van der Waals surface area contributed by atoms with E-state index in [2.05, 4.69) is 27.9 Å². The Kier molecular flexibility index (Phi) is 5.06. The Balaban J connectivity index is 2.29. The Bertz CT molecular complexity index is 1020. The Labute approximate surface area is 152 Å². The number of rotatable bonds is 6. The molecule has 0 spiro atoms. The van der Waals surface area contributed by atoms with Gasteiger partial charge in [-0.15, -0.1) is 0 Å². The summed E-state index contributed by atoms with van der Waals surface area (Å²) in [5.74, 6) is 0.358. The van der Waals surface area contributed by atoms with Gasteiger partial charge in [0.15, 0.2) is 11.5 Å². The van der Waals surface area contributed by atoms with Gasteiger partial charge in [-0.25, -0.2) is 9.78 Å². The van der Waals surface area contributed by atoms with E-state index in [0.29, 0.717) is 12.4 Å². The van der Waals surface area contributed by atoms with E-state index in [1.807, 2.05) is 36.6 Å². The highest BCUT2D eigenvalue weighted by Gasteiger charge is 2.19. The number of hydrogen-bond acceptors (Lipinski definition) is 5. The van der Waals surface area contributed by atoms with Crippen molar-refractivity contribution < 1.29 is 0 Å². The van der Waals surface area contributed by atoms with Gasteiger partial charge in [-0.2, -0.15) is 4.98 Å². The van der Waals surface area contributed by atoms with Crippen LogP contribution in [-0.2, 0) is 6.54 Å². The minimum absolute atomic E-state index is 0.213. The van der Waals surface area contributed by atoms with Crippen molar-refractivity contribution in [1.29, 1.82) is 0 Å². The van der Waals surface area contributed by atoms with Gasteiger partial charge in [0, 0.05) is 26.3 Å². The maximum Gasteiger partial charge on any atom is 0.349 e. The van der Waals surface area contributed by atoms with Crippen LogP contribution in [0.1, 0.15) is 38.2 Å². The lowest BCUT2D eigenvalue weighted by molar-refractivity contribution is 0.588. The monoisotopic (exact) mass is 355 g/mol. The maximum atomic E-state index is 12.3. The molecule has 0 fully saturated rings. The molecule has 1 N–H and O–H groups in total. The number of aromatic amines is 1. The van der Waals surface area contributed by atoms with Crippen LogP contribution in [-0.4, -0.2) is 33.6 Å².